The highest BCUT2D eigenvalue weighted by Gasteiger charge is 2.51. The van der Waals surface area contributed by atoms with Crippen LogP contribution in [0.5, 0.6) is 0 Å². The van der Waals surface area contributed by atoms with E-state index in [9.17, 15) is 14.7 Å². The van der Waals surface area contributed by atoms with E-state index in [4.69, 9.17) is 0 Å². The molecule has 0 radical (unpaired) electrons. The lowest BCUT2D eigenvalue weighted by Crippen LogP contribution is -2.42. The monoisotopic (exact) mass is 366 g/mol. The molecule has 0 spiro atoms. The van der Waals surface area contributed by atoms with E-state index in [1.807, 2.05) is 34.1 Å². The Morgan fingerprint density at radius 2 is 1.63 bits per heavy atom. The molecule has 2 aromatic rings. The molecule has 4 rings (SSSR count). The van der Waals surface area contributed by atoms with Crippen molar-refractivity contribution in [2.45, 2.75) is 25.7 Å². The van der Waals surface area contributed by atoms with E-state index in [1.165, 1.54) is 0 Å². The van der Waals surface area contributed by atoms with Crippen LogP contribution in [0.2, 0.25) is 0 Å². The van der Waals surface area contributed by atoms with Gasteiger partial charge in [-0.2, -0.15) is 0 Å². The highest BCUT2D eigenvalue weighted by molar-refractivity contribution is 5.90. The second-order valence-corrected chi connectivity index (χ2v) is 7.78. The minimum atomic E-state index is -0.526. The van der Waals surface area contributed by atoms with Crippen LogP contribution >= 0.6 is 0 Å². The number of hydrogen-bond donors (Lipinski definition) is 1. The zero-order valence-corrected chi connectivity index (χ0v) is 15.6. The van der Waals surface area contributed by atoms with E-state index in [-0.39, 0.29) is 18.4 Å². The third-order valence-electron chi connectivity index (χ3n) is 5.97. The van der Waals surface area contributed by atoms with Crippen molar-refractivity contribution in [3.05, 3.63) is 48.0 Å². The van der Waals surface area contributed by atoms with Crippen LogP contribution in [0.25, 0.3) is 10.8 Å². The number of benzene rings is 2. The van der Waals surface area contributed by atoms with Crippen LogP contribution in [-0.2, 0) is 16.0 Å². The molecule has 0 bridgehead atoms. The molecular weight excluding hydrogens is 340 g/mol. The Morgan fingerprint density at radius 1 is 0.926 bits per heavy atom. The third-order valence-corrected chi connectivity index (χ3v) is 5.97. The smallest absolute Gasteiger partial charge is 0.231 e. The summed E-state index contributed by atoms with van der Waals surface area (Å²) in [6.45, 7) is 2.41. The summed E-state index contributed by atoms with van der Waals surface area (Å²) in [5, 5.41) is 11.8. The van der Waals surface area contributed by atoms with Gasteiger partial charge in [0.1, 0.15) is 0 Å². The molecule has 1 aliphatic carbocycles. The molecule has 1 saturated carbocycles. The highest BCUT2D eigenvalue weighted by atomic mass is 16.3. The molecule has 5 heteroatoms. The van der Waals surface area contributed by atoms with Gasteiger partial charge in [0.05, 0.1) is 18.4 Å². The Labute approximate surface area is 159 Å². The predicted molar refractivity (Wildman–Crippen MR) is 104 cm³/mol. The Hall–Kier alpha value is -2.40. The number of aliphatic hydroxyl groups excluding tert-OH is 1. The van der Waals surface area contributed by atoms with E-state index >= 15 is 0 Å². The molecule has 1 N–H and O–H groups in total. The molecule has 2 fully saturated rings. The van der Waals surface area contributed by atoms with Gasteiger partial charge in [0.15, 0.2) is 0 Å². The van der Waals surface area contributed by atoms with Crippen LogP contribution in [-0.4, -0.2) is 59.5 Å². The van der Waals surface area contributed by atoms with Gasteiger partial charge >= 0.3 is 0 Å². The first-order chi connectivity index (χ1) is 13.1. The second-order valence-electron chi connectivity index (χ2n) is 7.78. The van der Waals surface area contributed by atoms with Gasteiger partial charge in [-0.1, -0.05) is 42.5 Å². The number of carbonyl (C=O) groups excluding carboxylic acids is 2. The van der Waals surface area contributed by atoms with Gasteiger partial charge in [0.25, 0.3) is 0 Å². The normalized spacial score (nSPS) is 19.0. The van der Waals surface area contributed by atoms with Crippen molar-refractivity contribution in [3.8, 4) is 0 Å². The summed E-state index contributed by atoms with van der Waals surface area (Å²) in [6.07, 6.45) is 2.73. The molecule has 0 atom stereocenters. The summed E-state index contributed by atoms with van der Waals surface area (Å²) in [5.74, 6) is 0.178. The van der Waals surface area contributed by atoms with E-state index in [1.54, 1.807) is 0 Å². The number of aliphatic hydroxyl groups is 1. The summed E-state index contributed by atoms with van der Waals surface area (Å²) in [7, 11) is 0. The Kier molecular flexibility index (Phi) is 4.87. The predicted octanol–water partition coefficient (Wildman–Crippen LogP) is 2.22. The lowest BCUT2D eigenvalue weighted by atomic mass is 10.0. The third kappa shape index (κ3) is 3.56. The van der Waals surface area contributed by atoms with Gasteiger partial charge in [0.2, 0.25) is 11.8 Å². The van der Waals surface area contributed by atoms with Crippen LogP contribution in [0, 0.1) is 5.41 Å². The van der Waals surface area contributed by atoms with Crippen LogP contribution in [0.4, 0.5) is 0 Å². The second kappa shape index (κ2) is 7.31. The first kappa shape index (κ1) is 18.0. The molecule has 27 heavy (non-hydrogen) atoms. The van der Waals surface area contributed by atoms with E-state index in [0.29, 0.717) is 32.6 Å². The summed E-state index contributed by atoms with van der Waals surface area (Å²) in [5.41, 5.74) is 0.523. The fourth-order valence-electron chi connectivity index (χ4n) is 4.02. The molecule has 2 amide bonds. The standard InChI is InChI=1S/C22H26N2O3/c25-16-22(9-10-22)21(27)24-12-4-11-23(13-14-24)20(26)15-18-7-3-6-17-5-1-2-8-19(17)18/h1-3,5-8,25H,4,9-16H2. The van der Waals surface area contributed by atoms with Crippen molar-refractivity contribution < 1.29 is 14.7 Å². The first-order valence-electron chi connectivity index (χ1n) is 9.78. The Bertz CT molecular complexity index is 854. The maximum atomic E-state index is 12.9. The number of amides is 2. The number of carbonyl (C=O) groups is 2. The molecule has 5 nitrogen and oxygen atoms in total. The minimum absolute atomic E-state index is 0.0633. The zero-order chi connectivity index (χ0) is 18.9. The number of hydrogen-bond acceptors (Lipinski definition) is 3. The van der Waals surface area contributed by atoms with Gasteiger partial charge < -0.3 is 14.9 Å². The van der Waals surface area contributed by atoms with E-state index in [0.717, 1.165) is 35.6 Å². The fourth-order valence-corrected chi connectivity index (χ4v) is 4.02. The SMILES string of the molecule is O=C(Cc1cccc2ccccc12)N1CCCN(C(=O)C2(CO)CC2)CC1. The van der Waals surface area contributed by atoms with E-state index < -0.39 is 5.41 Å². The van der Waals surface area contributed by atoms with Crippen molar-refractivity contribution in [2.75, 3.05) is 32.8 Å². The van der Waals surface area contributed by atoms with Gasteiger partial charge in [-0.25, -0.2) is 0 Å². The van der Waals surface area contributed by atoms with Crippen molar-refractivity contribution in [3.63, 3.8) is 0 Å². The summed E-state index contributed by atoms with van der Waals surface area (Å²) in [6, 6.07) is 14.2. The summed E-state index contributed by atoms with van der Waals surface area (Å²) in [4.78, 5) is 29.3. The first-order valence-corrected chi connectivity index (χ1v) is 9.78. The van der Waals surface area contributed by atoms with Crippen molar-refractivity contribution in [1.82, 2.24) is 9.80 Å². The van der Waals surface area contributed by atoms with Crippen LogP contribution in [0.1, 0.15) is 24.8 Å². The molecule has 2 aliphatic rings. The maximum Gasteiger partial charge on any atom is 0.231 e. The Morgan fingerprint density at radius 3 is 2.41 bits per heavy atom. The minimum Gasteiger partial charge on any atom is -0.395 e. The topological polar surface area (TPSA) is 60.9 Å². The molecular formula is C22H26N2O3. The number of nitrogens with zero attached hydrogens (tertiary/aromatic N) is 2. The van der Waals surface area contributed by atoms with Crippen LogP contribution in [0.3, 0.4) is 0 Å². The van der Waals surface area contributed by atoms with Gasteiger partial charge in [-0.05, 0) is 35.6 Å². The van der Waals surface area contributed by atoms with Gasteiger partial charge in [0, 0.05) is 26.2 Å². The Balaban J connectivity index is 1.42. The molecule has 1 aliphatic heterocycles. The zero-order valence-electron chi connectivity index (χ0n) is 15.6. The van der Waals surface area contributed by atoms with Gasteiger partial charge in [-0.15, -0.1) is 0 Å². The summed E-state index contributed by atoms with van der Waals surface area (Å²) >= 11 is 0. The average Bonchev–Trinajstić information content (AvgIpc) is 3.52. The van der Waals surface area contributed by atoms with E-state index in [2.05, 4.69) is 18.2 Å². The molecule has 1 saturated heterocycles. The molecule has 0 aromatic heterocycles. The molecule has 0 unspecified atom stereocenters. The van der Waals surface area contributed by atoms with Crippen molar-refractivity contribution in [2.24, 2.45) is 5.41 Å². The molecule has 142 valence electrons. The molecule has 1 heterocycles. The molecule has 2 aromatic carbocycles. The number of fused-ring (bicyclic) bond motifs is 1. The maximum absolute atomic E-state index is 12.9. The highest BCUT2D eigenvalue weighted by Crippen LogP contribution is 2.46. The van der Waals surface area contributed by atoms with Gasteiger partial charge in [-0.3, -0.25) is 9.59 Å². The average molecular weight is 366 g/mol. The van der Waals surface area contributed by atoms with Crippen LogP contribution < -0.4 is 0 Å². The summed E-state index contributed by atoms with van der Waals surface area (Å²) < 4.78 is 0. The fraction of sp³-hybridized carbons (Fsp3) is 0.455. The quantitative estimate of drug-likeness (QED) is 0.903. The largest absolute Gasteiger partial charge is 0.395 e. The number of rotatable bonds is 4. The lowest BCUT2D eigenvalue weighted by Gasteiger charge is -2.25. The van der Waals surface area contributed by atoms with Crippen molar-refractivity contribution >= 4 is 22.6 Å². The lowest BCUT2D eigenvalue weighted by molar-refractivity contribution is -0.139. The van der Waals surface area contributed by atoms with Crippen molar-refractivity contribution in [1.29, 1.82) is 0 Å². The van der Waals surface area contributed by atoms with Crippen LogP contribution in [0.15, 0.2) is 42.5 Å².